The Morgan fingerprint density at radius 1 is 1.38 bits per heavy atom. The maximum absolute atomic E-state index is 5.38. The monoisotopic (exact) mass is 179 g/mol. The van der Waals surface area contributed by atoms with Crippen LogP contribution >= 0.6 is 0 Å². The molecule has 2 aromatic heterocycles. The van der Waals surface area contributed by atoms with Gasteiger partial charge in [-0.1, -0.05) is 0 Å². The molecule has 0 fully saturated rings. The lowest BCUT2D eigenvalue weighted by Crippen LogP contribution is -2.39. The van der Waals surface area contributed by atoms with Crippen molar-refractivity contribution in [2.45, 2.75) is 6.92 Å². The first-order chi connectivity index (χ1) is 6.18. The molecule has 0 saturated heterocycles. The number of aromatic amines is 1. The van der Waals surface area contributed by atoms with Gasteiger partial charge in [-0.15, -0.1) is 0 Å². The Morgan fingerprint density at radius 3 is 2.85 bits per heavy atom. The summed E-state index contributed by atoms with van der Waals surface area (Å²) < 4.78 is 0. The second-order valence-corrected chi connectivity index (χ2v) is 2.60. The molecule has 2 aromatic rings. The fourth-order valence-electron chi connectivity index (χ4n) is 1.11. The maximum Gasteiger partial charge on any atom is 0.187 e. The van der Waals surface area contributed by atoms with Crippen LogP contribution in [0.2, 0.25) is 0 Å². The van der Waals surface area contributed by atoms with Gasteiger partial charge in [-0.05, 0) is 6.92 Å². The summed E-state index contributed by atoms with van der Waals surface area (Å²) in [6.07, 6.45) is 1.52. The summed E-state index contributed by atoms with van der Waals surface area (Å²) >= 11 is 0. The van der Waals surface area contributed by atoms with E-state index in [1.54, 1.807) is 6.92 Å². The third-order valence-electron chi connectivity index (χ3n) is 1.62. The van der Waals surface area contributed by atoms with Crippen LogP contribution in [0.5, 0.6) is 0 Å². The lowest BCUT2D eigenvalue weighted by Gasteiger charge is -2.10. The first kappa shape index (κ1) is 7.90. The predicted octanol–water partition coefficient (Wildman–Crippen LogP) is -0.785. The van der Waals surface area contributed by atoms with Gasteiger partial charge in [-0.25, -0.2) is 31.8 Å². The quantitative estimate of drug-likeness (QED) is 0.391. The van der Waals surface area contributed by atoms with Crippen LogP contribution in [0.1, 0.15) is 5.82 Å². The molecule has 5 N–H and O–H groups in total. The van der Waals surface area contributed by atoms with E-state index in [-0.39, 0.29) is 0 Å². The molecule has 7 nitrogen and oxygen atoms in total. The molecule has 0 saturated carbocycles. The van der Waals surface area contributed by atoms with Crippen molar-refractivity contribution in [1.82, 2.24) is 19.9 Å². The number of fused-ring (bicyclic) bond motifs is 1. The molecule has 0 radical (unpaired) electrons. The maximum atomic E-state index is 5.38. The van der Waals surface area contributed by atoms with Crippen molar-refractivity contribution < 1.29 is 0 Å². The van der Waals surface area contributed by atoms with Crippen molar-refractivity contribution in [3.05, 3.63) is 12.2 Å². The zero-order valence-corrected chi connectivity index (χ0v) is 7.02. The number of nitrogens with zero attached hydrogens (tertiary/aromatic N) is 4. The average Bonchev–Trinajstić information content (AvgIpc) is 2.49. The van der Waals surface area contributed by atoms with E-state index in [9.17, 15) is 0 Å². The Morgan fingerprint density at radius 2 is 2.15 bits per heavy atom. The van der Waals surface area contributed by atoms with E-state index in [2.05, 4.69) is 19.9 Å². The minimum Gasteiger partial charge on any atom is -0.340 e. The van der Waals surface area contributed by atoms with Crippen LogP contribution in [0.3, 0.4) is 0 Å². The van der Waals surface area contributed by atoms with E-state index in [0.717, 1.165) is 5.12 Å². The molecule has 0 bridgehead atoms. The molecular weight excluding hydrogens is 170 g/mol. The van der Waals surface area contributed by atoms with Gasteiger partial charge in [-0.2, -0.15) is 0 Å². The molecule has 0 aliphatic rings. The minimum absolute atomic E-state index is 0.431. The van der Waals surface area contributed by atoms with Gasteiger partial charge in [0.05, 0.1) is 6.33 Å². The molecule has 0 aliphatic carbocycles. The smallest absolute Gasteiger partial charge is 0.187 e. The Kier molecular flexibility index (Phi) is 1.61. The minimum atomic E-state index is 0.431. The van der Waals surface area contributed by atoms with Gasteiger partial charge >= 0.3 is 0 Å². The van der Waals surface area contributed by atoms with E-state index in [4.69, 9.17) is 11.7 Å². The van der Waals surface area contributed by atoms with Crippen LogP contribution in [0.4, 0.5) is 5.82 Å². The highest BCUT2D eigenvalue weighted by molar-refractivity contribution is 5.82. The number of rotatable bonds is 1. The highest BCUT2D eigenvalue weighted by Crippen LogP contribution is 2.16. The van der Waals surface area contributed by atoms with Gasteiger partial charge in [0.2, 0.25) is 0 Å². The third-order valence-corrected chi connectivity index (χ3v) is 1.62. The van der Waals surface area contributed by atoms with Gasteiger partial charge in [-0.3, -0.25) is 0 Å². The number of imidazole rings is 1. The van der Waals surface area contributed by atoms with Gasteiger partial charge < -0.3 is 4.98 Å². The zero-order chi connectivity index (χ0) is 9.42. The fourth-order valence-corrected chi connectivity index (χ4v) is 1.11. The molecule has 0 atom stereocenters. The molecule has 13 heavy (non-hydrogen) atoms. The number of hydrogen-bond donors (Lipinski definition) is 3. The van der Waals surface area contributed by atoms with Gasteiger partial charge in [0.25, 0.3) is 0 Å². The molecule has 0 aliphatic heterocycles. The standard InChI is InChI=1S/C6H9N7/c1-3-11-5-4(9-2-10-5)6(12-3)13(7)8/h2H,7-8H2,1H3,(H,9,10,11,12). The first-order valence-corrected chi connectivity index (χ1v) is 3.65. The van der Waals surface area contributed by atoms with Crippen LogP contribution in [-0.4, -0.2) is 19.9 Å². The van der Waals surface area contributed by atoms with Crippen LogP contribution < -0.4 is 16.8 Å². The SMILES string of the molecule is Cc1nc(N(N)N)c2[nH]cnc2n1. The van der Waals surface area contributed by atoms with Crippen molar-refractivity contribution in [3.63, 3.8) is 0 Å². The molecule has 2 heterocycles. The Hall–Kier alpha value is -1.73. The molecule has 0 amide bonds. The van der Waals surface area contributed by atoms with Crippen molar-refractivity contribution in [1.29, 1.82) is 0 Å². The molecule has 0 unspecified atom stereocenters. The number of nitrogens with two attached hydrogens (primary N) is 2. The molecule has 0 aromatic carbocycles. The largest absolute Gasteiger partial charge is 0.340 e. The molecule has 2 rings (SSSR count). The summed E-state index contributed by atoms with van der Waals surface area (Å²) in [6, 6.07) is 0. The summed E-state index contributed by atoms with van der Waals surface area (Å²) in [6.45, 7) is 1.75. The van der Waals surface area contributed by atoms with Crippen LogP contribution in [0.15, 0.2) is 6.33 Å². The number of hydrogen-bond acceptors (Lipinski definition) is 6. The van der Waals surface area contributed by atoms with Crippen LogP contribution in [-0.2, 0) is 0 Å². The molecule has 0 spiro atoms. The number of aromatic nitrogens is 4. The van der Waals surface area contributed by atoms with Crippen molar-refractivity contribution in [2.75, 3.05) is 5.12 Å². The number of anilines is 1. The molecular formula is C6H9N7. The summed E-state index contributed by atoms with van der Waals surface area (Å²) in [4.78, 5) is 15.0. The third kappa shape index (κ3) is 1.19. The Bertz CT molecular complexity index is 431. The number of hydrazine groups is 2. The van der Waals surface area contributed by atoms with E-state index in [1.807, 2.05) is 0 Å². The predicted molar refractivity (Wildman–Crippen MR) is 47.3 cm³/mol. The van der Waals surface area contributed by atoms with E-state index in [0.29, 0.717) is 22.8 Å². The summed E-state index contributed by atoms with van der Waals surface area (Å²) in [5.74, 6) is 11.8. The van der Waals surface area contributed by atoms with Crippen molar-refractivity contribution in [3.8, 4) is 0 Å². The summed E-state index contributed by atoms with van der Waals surface area (Å²) in [5.41, 5.74) is 1.19. The second kappa shape index (κ2) is 2.64. The van der Waals surface area contributed by atoms with Gasteiger partial charge in [0.15, 0.2) is 11.5 Å². The van der Waals surface area contributed by atoms with Crippen LogP contribution in [0, 0.1) is 6.92 Å². The van der Waals surface area contributed by atoms with Gasteiger partial charge in [0, 0.05) is 0 Å². The zero-order valence-electron chi connectivity index (χ0n) is 7.02. The summed E-state index contributed by atoms with van der Waals surface area (Å²) in [5, 5.41) is 0.940. The number of aryl methyl sites for hydroxylation is 1. The number of H-pyrrole nitrogens is 1. The van der Waals surface area contributed by atoms with E-state index >= 15 is 0 Å². The van der Waals surface area contributed by atoms with E-state index in [1.165, 1.54) is 6.33 Å². The van der Waals surface area contributed by atoms with Gasteiger partial charge in [0.1, 0.15) is 11.3 Å². The normalized spacial score (nSPS) is 10.7. The van der Waals surface area contributed by atoms with Crippen molar-refractivity contribution in [2.24, 2.45) is 11.7 Å². The summed E-state index contributed by atoms with van der Waals surface area (Å²) in [7, 11) is 0. The lowest BCUT2D eigenvalue weighted by molar-refractivity contribution is 0.885. The Balaban J connectivity index is 2.77. The Labute approximate surface area is 73.7 Å². The topological polar surface area (TPSA) is 110 Å². The average molecular weight is 179 g/mol. The lowest BCUT2D eigenvalue weighted by atomic mass is 10.5. The van der Waals surface area contributed by atoms with Crippen LogP contribution in [0.25, 0.3) is 11.2 Å². The molecule has 7 heteroatoms. The highest BCUT2D eigenvalue weighted by Gasteiger charge is 2.09. The second-order valence-electron chi connectivity index (χ2n) is 2.60. The molecule has 68 valence electrons. The number of nitrogens with one attached hydrogen (secondary N) is 1. The highest BCUT2D eigenvalue weighted by atomic mass is 15.6. The fraction of sp³-hybridized carbons (Fsp3) is 0.167. The first-order valence-electron chi connectivity index (χ1n) is 3.65. The van der Waals surface area contributed by atoms with Crippen molar-refractivity contribution >= 4 is 17.0 Å². The van der Waals surface area contributed by atoms with E-state index < -0.39 is 0 Å².